The molecule has 0 bridgehead atoms. The molecule has 2 rings (SSSR count). The van der Waals surface area contributed by atoms with E-state index in [1.807, 2.05) is 5.38 Å². The summed E-state index contributed by atoms with van der Waals surface area (Å²) in [6, 6.07) is 6.61. The van der Waals surface area contributed by atoms with E-state index < -0.39 is 0 Å². The number of hydrogen-bond donors (Lipinski definition) is 0. The van der Waals surface area contributed by atoms with Crippen LogP contribution < -0.4 is 0 Å². The fourth-order valence-corrected chi connectivity index (χ4v) is 3.30. The lowest BCUT2D eigenvalue weighted by Gasteiger charge is -2.17. The quantitative estimate of drug-likeness (QED) is 0.719. The van der Waals surface area contributed by atoms with Crippen molar-refractivity contribution in [2.75, 3.05) is 13.6 Å². The van der Waals surface area contributed by atoms with Crippen LogP contribution in [0.3, 0.4) is 0 Å². The fraction of sp³-hybridized carbons (Fsp3) is 0.438. The zero-order valence-electron chi connectivity index (χ0n) is 12.3. The average Bonchev–Trinajstić information content (AvgIpc) is 2.90. The molecule has 0 amide bonds. The Morgan fingerprint density at radius 3 is 2.75 bits per heavy atom. The molecule has 1 aromatic carbocycles. The summed E-state index contributed by atoms with van der Waals surface area (Å²) in [4.78, 5) is 6.89. The smallest absolute Gasteiger partial charge is 0.123 e. The van der Waals surface area contributed by atoms with Crippen LogP contribution in [0.1, 0.15) is 30.2 Å². The summed E-state index contributed by atoms with van der Waals surface area (Å²) in [5.41, 5.74) is 4.86. The van der Waals surface area contributed by atoms with Crippen molar-refractivity contribution in [3.05, 3.63) is 40.4 Å². The highest BCUT2D eigenvalue weighted by Crippen LogP contribution is 2.26. The number of halogens is 1. The second-order valence-electron chi connectivity index (χ2n) is 5.16. The number of thiazole rings is 1. The Bertz CT molecular complexity index is 565. The standard InChI is InChI=1S/C16H21ClN2S/c1-4-7-19(3)10-14-6-5-13(8-12(14)2)16-18-15(9-17)11-20-16/h5-6,8,11H,4,7,9-10H2,1-3H3. The highest BCUT2D eigenvalue weighted by molar-refractivity contribution is 7.13. The van der Waals surface area contributed by atoms with Crippen LogP contribution in [0, 0.1) is 6.92 Å². The molecule has 0 aliphatic heterocycles. The number of hydrogen-bond acceptors (Lipinski definition) is 3. The van der Waals surface area contributed by atoms with Gasteiger partial charge in [0.2, 0.25) is 0 Å². The minimum atomic E-state index is 0.482. The first-order valence-corrected chi connectivity index (χ1v) is 8.34. The first-order chi connectivity index (χ1) is 9.63. The molecule has 2 nitrogen and oxygen atoms in total. The minimum absolute atomic E-state index is 0.482. The molecule has 108 valence electrons. The summed E-state index contributed by atoms with van der Waals surface area (Å²) in [5, 5.41) is 3.08. The van der Waals surface area contributed by atoms with E-state index in [1.165, 1.54) is 23.1 Å². The first kappa shape index (κ1) is 15.5. The third-order valence-electron chi connectivity index (χ3n) is 3.32. The van der Waals surface area contributed by atoms with Gasteiger partial charge in [0, 0.05) is 17.5 Å². The molecule has 2 aromatic rings. The molecule has 1 heterocycles. The molecule has 4 heteroatoms. The van der Waals surface area contributed by atoms with Gasteiger partial charge in [0.25, 0.3) is 0 Å². The van der Waals surface area contributed by atoms with Gasteiger partial charge in [-0.3, -0.25) is 0 Å². The fourth-order valence-electron chi connectivity index (χ4n) is 2.26. The summed E-state index contributed by atoms with van der Waals surface area (Å²) in [7, 11) is 2.17. The van der Waals surface area contributed by atoms with Crippen LogP contribution >= 0.6 is 22.9 Å². The van der Waals surface area contributed by atoms with Crippen molar-refractivity contribution in [1.82, 2.24) is 9.88 Å². The minimum Gasteiger partial charge on any atom is -0.302 e. The molecule has 0 aliphatic rings. The van der Waals surface area contributed by atoms with Crippen LogP contribution in [-0.2, 0) is 12.4 Å². The molecule has 0 fully saturated rings. The highest BCUT2D eigenvalue weighted by Gasteiger charge is 2.08. The summed E-state index contributed by atoms with van der Waals surface area (Å²) in [6.07, 6.45) is 1.19. The van der Waals surface area contributed by atoms with Gasteiger partial charge in [0.1, 0.15) is 5.01 Å². The third kappa shape index (κ3) is 3.81. The molecule has 0 unspecified atom stereocenters. The van der Waals surface area contributed by atoms with Gasteiger partial charge in [0.15, 0.2) is 0 Å². The Kier molecular flexibility index (Phi) is 5.58. The summed E-state index contributed by atoms with van der Waals surface area (Å²) in [5.74, 6) is 0.482. The van der Waals surface area contributed by atoms with Gasteiger partial charge >= 0.3 is 0 Å². The van der Waals surface area contributed by atoms with Crippen LogP contribution in [0.2, 0.25) is 0 Å². The Morgan fingerprint density at radius 2 is 2.15 bits per heavy atom. The van der Waals surface area contributed by atoms with Crippen molar-refractivity contribution in [1.29, 1.82) is 0 Å². The lowest BCUT2D eigenvalue weighted by atomic mass is 10.0. The van der Waals surface area contributed by atoms with Crippen molar-refractivity contribution >= 4 is 22.9 Å². The summed E-state index contributed by atoms with van der Waals surface area (Å²) in [6.45, 7) is 6.52. The van der Waals surface area contributed by atoms with Gasteiger partial charge in [-0.1, -0.05) is 19.1 Å². The normalized spacial score (nSPS) is 11.2. The number of rotatable bonds is 6. The van der Waals surface area contributed by atoms with Crippen LogP contribution in [0.5, 0.6) is 0 Å². The monoisotopic (exact) mass is 308 g/mol. The van der Waals surface area contributed by atoms with E-state index in [0.29, 0.717) is 5.88 Å². The lowest BCUT2D eigenvalue weighted by molar-refractivity contribution is 0.327. The highest BCUT2D eigenvalue weighted by atomic mass is 35.5. The van der Waals surface area contributed by atoms with Crippen LogP contribution in [0.4, 0.5) is 0 Å². The molecule has 1 aromatic heterocycles. The second kappa shape index (κ2) is 7.21. The van der Waals surface area contributed by atoms with E-state index in [0.717, 1.165) is 23.8 Å². The van der Waals surface area contributed by atoms with Crippen molar-refractivity contribution in [2.45, 2.75) is 32.7 Å². The van der Waals surface area contributed by atoms with Crippen molar-refractivity contribution in [3.63, 3.8) is 0 Å². The molecule has 20 heavy (non-hydrogen) atoms. The number of nitrogens with zero attached hydrogens (tertiary/aromatic N) is 2. The van der Waals surface area contributed by atoms with E-state index in [1.54, 1.807) is 11.3 Å². The Morgan fingerprint density at radius 1 is 1.35 bits per heavy atom. The maximum atomic E-state index is 5.81. The Balaban J connectivity index is 2.16. The molecule has 0 N–H and O–H groups in total. The van der Waals surface area contributed by atoms with Gasteiger partial charge in [-0.15, -0.1) is 22.9 Å². The average molecular weight is 309 g/mol. The van der Waals surface area contributed by atoms with E-state index in [-0.39, 0.29) is 0 Å². The van der Waals surface area contributed by atoms with Crippen molar-refractivity contribution < 1.29 is 0 Å². The van der Waals surface area contributed by atoms with Gasteiger partial charge in [-0.05, 0) is 44.1 Å². The number of aromatic nitrogens is 1. The molecule has 0 spiro atoms. The third-order valence-corrected chi connectivity index (χ3v) is 4.54. The first-order valence-electron chi connectivity index (χ1n) is 6.92. The molecule has 0 atom stereocenters. The largest absolute Gasteiger partial charge is 0.302 e. The maximum Gasteiger partial charge on any atom is 0.123 e. The summed E-state index contributed by atoms with van der Waals surface area (Å²) >= 11 is 7.47. The van der Waals surface area contributed by atoms with Crippen LogP contribution in [-0.4, -0.2) is 23.5 Å². The van der Waals surface area contributed by atoms with Crippen LogP contribution in [0.15, 0.2) is 23.6 Å². The molecule has 0 saturated carbocycles. The number of alkyl halides is 1. The van der Waals surface area contributed by atoms with Gasteiger partial charge < -0.3 is 4.90 Å². The predicted octanol–water partition coefficient (Wildman–Crippen LogP) is 4.70. The number of aryl methyl sites for hydroxylation is 1. The Hall–Kier alpha value is -0.900. The second-order valence-corrected chi connectivity index (χ2v) is 6.28. The predicted molar refractivity (Wildman–Crippen MR) is 88.5 cm³/mol. The van der Waals surface area contributed by atoms with Gasteiger partial charge in [-0.2, -0.15) is 0 Å². The van der Waals surface area contributed by atoms with E-state index in [2.05, 4.69) is 49.0 Å². The van der Waals surface area contributed by atoms with E-state index in [9.17, 15) is 0 Å². The van der Waals surface area contributed by atoms with Gasteiger partial charge in [-0.25, -0.2) is 4.98 Å². The summed E-state index contributed by atoms with van der Waals surface area (Å²) < 4.78 is 0. The Labute approximate surface area is 130 Å². The molecule has 0 radical (unpaired) electrons. The van der Waals surface area contributed by atoms with Crippen molar-refractivity contribution in [3.8, 4) is 10.6 Å². The molecule has 0 saturated heterocycles. The lowest BCUT2D eigenvalue weighted by Crippen LogP contribution is -2.18. The number of benzene rings is 1. The topological polar surface area (TPSA) is 16.1 Å². The zero-order chi connectivity index (χ0) is 14.5. The molecule has 0 aliphatic carbocycles. The van der Waals surface area contributed by atoms with Crippen molar-refractivity contribution in [2.24, 2.45) is 0 Å². The van der Waals surface area contributed by atoms with Gasteiger partial charge in [0.05, 0.1) is 11.6 Å². The van der Waals surface area contributed by atoms with E-state index >= 15 is 0 Å². The zero-order valence-corrected chi connectivity index (χ0v) is 13.9. The molecular weight excluding hydrogens is 288 g/mol. The van der Waals surface area contributed by atoms with E-state index in [4.69, 9.17) is 11.6 Å². The maximum absolute atomic E-state index is 5.81. The molecular formula is C16H21ClN2S. The van der Waals surface area contributed by atoms with Crippen LogP contribution in [0.25, 0.3) is 10.6 Å². The SMILES string of the molecule is CCCN(C)Cc1ccc(-c2nc(CCl)cs2)cc1C.